The molecule has 1 N–H and O–H groups in total. The smallest absolute Gasteiger partial charge is 0.261 e. The highest BCUT2D eigenvalue weighted by atomic mass is 16.7. The summed E-state index contributed by atoms with van der Waals surface area (Å²) in [5.41, 5.74) is 3.41. The SMILES string of the molecule is CC1OCC(c2cc3c(cc2NC(=O)c2cnn4cccnc24)CC(C)(C)O3)CO1. The number of hydrogen-bond acceptors (Lipinski definition) is 6. The van der Waals surface area contributed by atoms with Gasteiger partial charge in [0, 0.05) is 36.0 Å². The Morgan fingerprint density at radius 1 is 1.27 bits per heavy atom. The molecule has 2 aliphatic heterocycles. The van der Waals surface area contributed by atoms with Crippen molar-refractivity contribution in [3.63, 3.8) is 0 Å². The van der Waals surface area contributed by atoms with Crippen molar-refractivity contribution in [1.29, 1.82) is 0 Å². The third kappa shape index (κ3) is 3.42. The van der Waals surface area contributed by atoms with E-state index >= 15 is 0 Å². The summed E-state index contributed by atoms with van der Waals surface area (Å²) in [6, 6.07) is 5.79. The fraction of sp³-hybridized carbons (Fsp3) is 0.409. The third-order valence-corrected chi connectivity index (χ3v) is 5.51. The molecule has 0 unspecified atom stereocenters. The summed E-state index contributed by atoms with van der Waals surface area (Å²) in [5.74, 6) is 0.592. The van der Waals surface area contributed by atoms with Crippen molar-refractivity contribution < 1.29 is 19.0 Å². The van der Waals surface area contributed by atoms with Crippen LogP contribution in [-0.2, 0) is 15.9 Å². The fourth-order valence-electron chi connectivity index (χ4n) is 4.07. The number of carbonyl (C=O) groups is 1. The second-order valence-electron chi connectivity index (χ2n) is 8.42. The van der Waals surface area contributed by atoms with E-state index in [2.05, 4.69) is 29.2 Å². The second-order valence-corrected chi connectivity index (χ2v) is 8.42. The van der Waals surface area contributed by atoms with Gasteiger partial charge in [-0.3, -0.25) is 4.79 Å². The van der Waals surface area contributed by atoms with Gasteiger partial charge in [0.05, 0.1) is 19.4 Å². The van der Waals surface area contributed by atoms with Gasteiger partial charge >= 0.3 is 0 Å². The number of ether oxygens (including phenoxy) is 3. The van der Waals surface area contributed by atoms with Crippen LogP contribution >= 0.6 is 0 Å². The van der Waals surface area contributed by atoms with Crippen LogP contribution in [0.2, 0.25) is 0 Å². The average molecular weight is 408 g/mol. The summed E-state index contributed by atoms with van der Waals surface area (Å²) in [6.07, 6.45) is 5.49. The lowest BCUT2D eigenvalue weighted by atomic mass is 9.94. The van der Waals surface area contributed by atoms with E-state index in [0.29, 0.717) is 24.4 Å². The molecule has 30 heavy (non-hydrogen) atoms. The van der Waals surface area contributed by atoms with Gasteiger partial charge in [-0.15, -0.1) is 0 Å². The van der Waals surface area contributed by atoms with Crippen LogP contribution in [0.5, 0.6) is 5.75 Å². The molecule has 0 bridgehead atoms. The minimum Gasteiger partial charge on any atom is -0.487 e. The van der Waals surface area contributed by atoms with Crippen LogP contribution in [0.4, 0.5) is 5.69 Å². The molecular formula is C22H24N4O4. The van der Waals surface area contributed by atoms with Gasteiger partial charge in [-0.1, -0.05) is 0 Å². The molecule has 1 aromatic carbocycles. The van der Waals surface area contributed by atoms with E-state index in [-0.39, 0.29) is 23.7 Å². The average Bonchev–Trinajstić information content (AvgIpc) is 3.27. The first-order chi connectivity index (χ1) is 14.4. The number of anilines is 1. The zero-order valence-electron chi connectivity index (χ0n) is 17.2. The quantitative estimate of drug-likeness (QED) is 0.716. The van der Waals surface area contributed by atoms with E-state index in [0.717, 1.165) is 29.0 Å². The number of hydrogen-bond donors (Lipinski definition) is 1. The van der Waals surface area contributed by atoms with E-state index in [1.54, 1.807) is 23.0 Å². The zero-order valence-corrected chi connectivity index (χ0v) is 17.2. The Labute approximate surface area is 174 Å². The van der Waals surface area contributed by atoms with Gasteiger partial charge in [0.2, 0.25) is 0 Å². The first kappa shape index (κ1) is 19.0. The highest BCUT2D eigenvalue weighted by Gasteiger charge is 2.33. The summed E-state index contributed by atoms with van der Waals surface area (Å²) in [7, 11) is 0. The molecule has 5 rings (SSSR count). The lowest BCUT2D eigenvalue weighted by Gasteiger charge is -2.29. The van der Waals surface area contributed by atoms with Crippen molar-refractivity contribution in [1.82, 2.24) is 14.6 Å². The summed E-state index contributed by atoms with van der Waals surface area (Å²) >= 11 is 0. The highest BCUT2D eigenvalue weighted by Crippen LogP contribution is 2.41. The molecule has 8 heteroatoms. The van der Waals surface area contributed by atoms with Crippen LogP contribution < -0.4 is 10.1 Å². The maximum Gasteiger partial charge on any atom is 0.261 e. The number of nitrogens with zero attached hydrogens (tertiary/aromatic N) is 3. The maximum absolute atomic E-state index is 13.1. The standard InChI is InChI=1S/C22H24N4O4/c1-13-28-11-15(12-29-13)16-8-19-14(9-22(2,3)30-19)7-18(16)25-21(27)17-10-24-26-6-4-5-23-20(17)26/h4-8,10,13,15H,9,11-12H2,1-3H3,(H,25,27). The zero-order chi connectivity index (χ0) is 20.9. The van der Waals surface area contributed by atoms with Crippen LogP contribution in [0.3, 0.4) is 0 Å². The van der Waals surface area contributed by atoms with Crippen molar-refractivity contribution in [2.75, 3.05) is 18.5 Å². The Kier molecular flexibility index (Phi) is 4.48. The van der Waals surface area contributed by atoms with Crippen molar-refractivity contribution in [3.8, 4) is 5.75 Å². The maximum atomic E-state index is 13.1. The molecule has 0 atom stereocenters. The molecule has 156 valence electrons. The highest BCUT2D eigenvalue weighted by molar-refractivity contribution is 6.08. The van der Waals surface area contributed by atoms with Gasteiger partial charge in [0.1, 0.15) is 16.9 Å². The Hall–Kier alpha value is -2.97. The molecule has 1 saturated heterocycles. The normalized spacial score (nSPS) is 22.5. The number of benzene rings is 1. The van der Waals surface area contributed by atoms with E-state index in [1.807, 2.05) is 19.1 Å². The Balaban J connectivity index is 1.51. The molecule has 0 radical (unpaired) electrons. The van der Waals surface area contributed by atoms with E-state index in [1.165, 1.54) is 6.20 Å². The summed E-state index contributed by atoms with van der Waals surface area (Å²) in [6.45, 7) is 7.04. The number of carbonyl (C=O) groups excluding carboxylic acids is 1. The molecule has 0 saturated carbocycles. The third-order valence-electron chi connectivity index (χ3n) is 5.51. The van der Waals surface area contributed by atoms with Crippen LogP contribution in [0, 0.1) is 0 Å². The summed E-state index contributed by atoms with van der Waals surface area (Å²) in [5, 5.41) is 7.28. The first-order valence-corrected chi connectivity index (χ1v) is 10.1. The minimum absolute atomic E-state index is 0.00357. The van der Waals surface area contributed by atoms with E-state index < -0.39 is 0 Å². The summed E-state index contributed by atoms with van der Waals surface area (Å²) in [4.78, 5) is 17.4. The number of aromatic nitrogens is 3. The van der Waals surface area contributed by atoms with Gasteiger partial charge in [-0.2, -0.15) is 5.10 Å². The van der Waals surface area contributed by atoms with Gasteiger partial charge in [0.15, 0.2) is 11.9 Å². The van der Waals surface area contributed by atoms with E-state index in [4.69, 9.17) is 14.2 Å². The minimum atomic E-state index is -0.275. The molecule has 3 aromatic rings. The van der Waals surface area contributed by atoms with E-state index in [9.17, 15) is 4.79 Å². The predicted molar refractivity (Wildman–Crippen MR) is 110 cm³/mol. The number of fused-ring (bicyclic) bond motifs is 2. The molecule has 4 heterocycles. The topological polar surface area (TPSA) is 87.0 Å². The van der Waals surface area contributed by atoms with Gasteiger partial charge < -0.3 is 19.5 Å². The molecule has 0 aliphatic carbocycles. The molecule has 2 aliphatic rings. The van der Waals surface area contributed by atoms with Crippen molar-refractivity contribution >= 4 is 17.2 Å². The molecule has 8 nitrogen and oxygen atoms in total. The van der Waals surface area contributed by atoms with Crippen LogP contribution in [0.1, 0.15) is 48.2 Å². The fourth-order valence-corrected chi connectivity index (χ4v) is 4.07. The van der Waals surface area contributed by atoms with Crippen LogP contribution in [-0.4, -0.2) is 45.6 Å². The largest absolute Gasteiger partial charge is 0.487 e. The second kappa shape index (κ2) is 7.07. The number of amides is 1. The van der Waals surface area contributed by atoms with Crippen LogP contribution in [0.15, 0.2) is 36.8 Å². The monoisotopic (exact) mass is 408 g/mol. The lowest BCUT2D eigenvalue weighted by molar-refractivity contribution is -0.176. The molecule has 1 amide bonds. The van der Waals surface area contributed by atoms with Crippen LogP contribution in [0.25, 0.3) is 5.65 Å². The summed E-state index contributed by atoms with van der Waals surface area (Å²) < 4.78 is 19.1. The number of nitrogens with one attached hydrogen (secondary N) is 1. The Morgan fingerprint density at radius 2 is 2.07 bits per heavy atom. The molecule has 2 aromatic heterocycles. The van der Waals surface area contributed by atoms with Gasteiger partial charge in [-0.05, 0) is 44.5 Å². The van der Waals surface area contributed by atoms with Gasteiger partial charge in [0.25, 0.3) is 5.91 Å². The molecular weight excluding hydrogens is 384 g/mol. The Bertz CT molecular complexity index is 1120. The Morgan fingerprint density at radius 3 is 2.87 bits per heavy atom. The van der Waals surface area contributed by atoms with Crippen molar-refractivity contribution in [2.45, 2.75) is 45.0 Å². The predicted octanol–water partition coefficient (Wildman–Crippen LogP) is 3.17. The lowest BCUT2D eigenvalue weighted by Crippen LogP contribution is -2.29. The first-order valence-electron chi connectivity index (χ1n) is 10.1. The van der Waals surface area contributed by atoms with Crippen molar-refractivity contribution in [2.24, 2.45) is 0 Å². The number of rotatable bonds is 3. The van der Waals surface area contributed by atoms with Crippen molar-refractivity contribution in [3.05, 3.63) is 53.5 Å². The van der Waals surface area contributed by atoms with Gasteiger partial charge in [-0.25, -0.2) is 9.50 Å². The molecule has 0 spiro atoms. The molecule has 1 fully saturated rings.